The number of nitrogens with zero attached hydrogens (tertiary/aromatic N) is 1. The lowest BCUT2D eigenvalue weighted by Gasteiger charge is -2.35. The van der Waals surface area contributed by atoms with Crippen molar-refractivity contribution < 1.29 is 14.3 Å². The zero-order chi connectivity index (χ0) is 15.5. The van der Waals surface area contributed by atoms with E-state index in [1.54, 1.807) is 7.11 Å². The summed E-state index contributed by atoms with van der Waals surface area (Å²) in [5.74, 6) is 0. The fourth-order valence-electron chi connectivity index (χ4n) is 2.61. The highest BCUT2D eigenvalue weighted by atomic mass is 16.6. The number of rotatable bonds is 7. The molecule has 0 bridgehead atoms. The van der Waals surface area contributed by atoms with Crippen LogP contribution in [0.25, 0.3) is 0 Å². The topological polar surface area (TPSA) is 50.8 Å². The second-order valence-electron chi connectivity index (χ2n) is 7.24. The van der Waals surface area contributed by atoms with Crippen molar-refractivity contribution in [3.05, 3.63) is 0 Å². The predicted molar refractivity (Wildman–Crippen MR) is 82.4 cm³/mol. The van der Waals surface area contributed by atoms with E-state index in [1.807, 2.05) is 25.7 Å². The van der Waals surface area contributed by atoms with Crippen molar-refractivity contribution in [3.8, 4) is 0 Å². The molecular formula is C16H30N2O3. The summed E-state index contributed by atoms with van der Waals surface area (Å²) in [6.45, 7) is 7.49. The summed E-state index contributed by atoms with van der Waals surface area (Å²) in [5.41, 5.74) is -0.413. The van der Waals surface area contributed by atoms with Gasteiger partial charge in [-0.15, -0.1) is 0 Å². The van der Waals surface area contributed by atoms with Gasteiger partial charge in [-0.05, 0) is 59.4 Å². The highest BCUT2D eigenvalue weighted by Crippen LogP contribution is 2.28. The second-order valence-corrected chi connectivity index (χ2v) is 7.24. The Bertz CT molecular complexity index is 344. The minimum atomic E-state index is -0.413. The van der Waals surface area contributed by atoms with Crippen LogP contribution < -0.4 is 5.32 Å². The second kappa shape index (κ2) is 6.97. The lowest BCUT2D eigenvalue weighted by atomic mass is 9.89. The van der Waals surface area contributed by atoms with E-state index in [9.17, 15) is 4.79 Å². The Labute approximate surface area is 128 Å². The largest absolute Gasteiger partial charge is 0.444 e. The van der Waals surface area contributed by atoms with E-state index >= 15 is 0 Å². The van der Waals surface area contributed by atoms with Crippen molar-refractivity contribution >= 4 is 6.09 Å². The van der Waals surface area contributed by atoms with E-state index < -0.39 is 5.60 Å². The van der Waals surface area contributed by atoms with E-state index in [4.69, 9.17) is 9.47 Å². The molecule has 0 radical (unpaired) electrons. The fourth-order valence-corrected chi connectivity index (χ4v) is 2.61. The van der Waals surface area contributed by atoms with Crippen LogP contribution in [0.15, 0.2) is 0 Å². The Morgan fingerprint density at radius 1 is 1.29 bits per heavy atom. The van der Waals surface area contributed by atoms with Gasteiger partial charge in [0, 0.05) is 25.7 Å². The average Bonchev–Trinajstić information content (AvgIpc) is 3.12. The van der Waals surface area contributed by atoms with Crippen molar-refractivity contribution in [2.75, 3.05) is 20.2 Å². The normalized spacial score (nSPS) is 25.3. The molecule has 5 nitrogen and oxygen atoms in total. The first-order chi connectivity index (χ1) is 9.89. The van der Waals surface area contributed by atoms with Crippen LogP contribution in [0.4, 0.5) is 4.79 Å². The van der Waals surface area contributed by atoms with Gasteiger partial charge < -0.3 is 19.7 Å². The number of nitrogens with one attached hydrogen (secondary N) is 1. The van der Waals surface area contributed by atoms with Gasteiger partial charge in [-0.2, -0.15) is 0 Å². The van der Waals surface area contributed by atoms with Crippen molar-refractivity contribution in [2.24, 2.45) is 0 Å². The molecule has 2 saturated carbocycles. The first-order valence-corrected chi connectivity index (χ1v) is 8.15. The molecule has 0 heterocycles. The van der Waals surface area contributed by atoms with Gasteiger partial charge >= 0.3 is 6.09 Å². The molecule has 122 valence electrons. The average molecular weight is 298 g/mol. The lowest BCUT2D eigenvalue weighted by molar-refractivity contribution is 0.0163. The molecule has 0 spiro atoms. The van der Waals surface area contributed by atoms with E-state index in [-0.39, 0.29) is 6.09 Å². The van der Waals surface area contributed by atoms with Crippen LogP contribution in [-0.2, 0) is 9.47 Å². The number of hydrogen-bond acceptors (Lipinski definition) is 4. The fraction of sp³-hybridized carbons (Fsp3) is 0.938. The molecule has 0 unspecified atom stereocenters. The van der Waals surface area contributed by atoms with E-state index in [1.165, 1.54) is 0 Å². The van der Waals surface area contributed by atoms with Gasteiger partial charge in [-0.1, -0.05) is 0 Å². The summed E-state index contributed by atoms with van der Waals surface area (Å²) in [6, 6.07) is 0.993. The van der Waals surface area contributed by atoms with Crippen LogP contribution >= 0.6 is 0 Å². The molecule has 21 heavy (non-hydrogen) atoms. The van der Waals surface area contributed by atoms with Crippen LogP contribution in [-0.4, -0.2) is 55.0 Å². The summed E-state index contributed by atoms with van der Waals surface area (Å²) in [4.78, 5) is 14.1. The molecule has 2 aliphatic rings. The third-order valence-electron chi connectivity index (χ3n) is 4.05. The number of carbonyl (C=O) groups is 1. The van der Waals surface area contributed by atoms with Gasteiger partial charge in [-0.3, -0.25) is 0 Å². The molecule has 0 atom stereocenters. The van der Waals surface area contributed by atoms with Crippen LogP contribution in [0.3, 0.4) is 0 Å². The Hall–Kier alpha value is -0.810. The molecule has 2 aliphatic carbocycles. The molecule has 0 aromatic heterocycles. The summed E-state index contributed by atoms with van der Waals surface area (Å²) < 4.78 is 10.8. The maximum absolute atomic E-state index is 12.2. The maximum atomic E-state index is 12.2. The van der Waals surface area contributed by atoms with Gasteiger partial charge in [0.05, 0.1) is 6.10 Å². The predicted octanol–water partition coefficient (Wildman–Crippen LogP) is 2.54. The molecule has 0 aromatic carbocycles. The minimum Gasteiger partial charge on any atom is -0.444 e. The molecule has 0 aliphatic heterocycles. The number of amides is 1. The summed E-state index contributed by atoms with van der Waals surface area (Å²) in [6.07, 6.45) is 5.70. The van der Waals surface area contributed by atoms with Crippen molar-refractivity contribution in [1.29, 1.82) is 0 Å². The standard InChI is InChI=1S/C16H30N2O3/c1-16(2,3)21-15(19)18(13-6-7-13)9-5-8-17-12-10-14(11-12)20-4/h12-14,17H,5-11H2,1-4H3. The smallest absolute Gasteiger partial charge is 0.410 e. The Morgan fingerprint density at radius 2 is 1.95 bits per heavy atom. The van der Waals surface area contributed by atoms with Gasteiger partial charge in [0.25, 0.3) is 0 Å². The van der Waals surface area contributed by atoms with Crippen LogP contribution in [0.2, 0.25) is 0 Å². The Balaban J connectivity index is 1.63. The van der Waals surface area contributed by atoms with Crippen LogP contribution in [0.1, 0.15) is 52.9 Å². The summed E-state index contributed by atoms with van der Waals surface area (Å²) >= 11 is 0. The lowest BCUT2D eigenvalue weighted by Crippen LogP contribution is -2.46. The monoisotopic (exact) mass is 298 g/mol. The van der Waals surface area contributed by atoms with Gasteiger partial charge in [0.15, 0.2) is 0 Å². The molecule has 0 saturated heterocycles. The number of hydrogen-bond donors (Lipinski definition) is 1. The van der Waals surface area contributed by atoms with E-state index in [0.717, 1.165) is 45.2 Å². The highest BCUT2D eigenvalue weighted by Gasteiger charge is 2.35. The van der Waals surface area contributed by atoms with Crippen molar-refractivity contribution in [2.45, 2.75) is 76.7 Å². The Morgan fingerprint density at radius 3 is 2.48 bits per heavy atom. The van der Waals surface area contributed by atoms with Crippen LogP contribution in [0.5, 0.6) is 0 Å². The van der Waals surface area contributed by atoms with Crippen LogP contribution in [0, 0.1) is 0 Å². The van der Waals surface area contributed by atoms with E-state index in [2.05, 4.69) is 5.32 Å². The SMILES string of the molecule is COC1CC(NCCCN(C(=O)OC(C)(C)C)C2CC2)C1. The summed E-state index contributed by atoms with van der Waals surface area (Å²) in [7, 11) is 1.77. The summed E-state index contributed by atoms with van der Waals surface area (Å²) in [5, 5.41) is 3.53. The van der Waals surface area contributed by atoms with Gasteiger partial charge in [0.2, 0.25) is 0 Å². The highest BCUT2D eigenvalue weighted by molar-refractivity contribution is 5.69. The molecule has 0 aromatic rings. The molecule has 1 N–H and O–H groups in total. The van der Waals surface area contributed by atoms with Crippen molar-refractivity contribution in [1.82, 2.24) is 10.2 Å². The first-order valence-electron chi connectivity index (χ1n) is 8.15. The van der Waals surface area contributed by atoms with Gasteiger partial charge in [-0.25, -0.2) is 4.79 Å². The Kier molecular flexibility index (Phi) is 5.49. The molecular weight excluding hydrogens is 268 g/mol. The quantitative estimate of drug-likeness (QED) is 0.734. The molecule has 2 fully saturated rings. The molecule has 2 rings (SSSR count). The van der Waals surface area contributed by atoms with E-state index in [0.29, 0.717) is 18.2 Å². The zero-order valence-corrected chi connectivity index (χ0v) is 13.9. The zero-order valence-electron chi connectivity index (χ0n) is 13.9. The van der Waals surface area contributed by atoms with Crippen molar-refractivity contribution in [3.63, 3.8) is 0 Å². The third-order valence-corrected chi connectivity index (χ3v) is 4.05. The molecule has 1 amide bonds. The molecule has 5 heteroatoms. The number of ether oxygens (including phenoxy) is 2. The van der Waals surface area contributed by atoms with Gasteiger partial charge in [0.1, 0.15) is 5.60 Å². The maximum Gasteiger partial charge on any atom is 0.410 e. The third kappa shape index (κ3) is 5.47. The first kappa shape index (κ1) is 16.6. The number of methoxy groups -OCH3 is 1. The number of carbonyl (C=O) groups excluding carboxylic acids is 1. The minimum absolute atomic E-state index is 0.159.